The zero-order valence-corrected chi connectivity index (χ0v) is 15.4. The Morgan fingerprint density at radius 2 is 1.63 bits per heavy atom. The van der Waals surface area contributed by atoms with E-state index in [1.807, 2.05) is 0 Å². The number of amides is 3. The molecule has 1 aliphatic heterocycles. The molecule has 0 unspecified atom stereocenters. The second kappa shape index (κ2) is 6.83. The van der Waals surface area contributed by atoms with Crippen molar-refractivity contribution in [3.63, 3.8) is 0 Å². The first kappa shape index (κ1) is 18.6. The van der Waals surface area contributed by atoms with Crippen LogP contribution in [0.4, 0.5) is 4.79 Å². The molecular weight excluding hydrogens is 346 g/mol. The standard InChI is InChI=1S/C20H21N3O4/c1-20(2,3)23(19(26)27)16(15-10-6-7-11-21-15)12-22-17(24)13-8-4-5-9-14(13)18(22)25/h4-11,16H,12H2,1-3H3,(H,26,27)/t16-/m1/s1. The summed E-state index contributed by atoms with van der Waals surface area (Å²) < 4.78 is 0. The van der Waals surface area contributed by atoms with Gasteiger partial charge in [0.2, 0.25) is 0 Å². The number of carboxylic acid groups (broad SMARTS) is 1. The van der Waals surface area contributed by atoms with Crippen LogP contribution in [0.2, 0.25) is 0 Å². The van der Waals surface area contributed by atoms with Gasteiger partial charge in [0.15, 0.2) is 0 Å². The third kappa shape index (κ3) is 3.40. The summed E-state index contributed by atoms with van der Waals surface area (Å²) >= 11 is 0. The number of hydrogen-bond donors (Lipinski definition) is 1. The maximum absolute atomic E-state index is 12.7. The quantitative estimate of drug-likeness (QED) is 0.838. The van der Waals surface area contributed by atoms with E-state index in [9.17, 15) is 19.5 Å². The smallest absolute Gasteiger partial charge is 0.408 e. The lowest BCUT2D eigenvalue weighted by molar-refractivity contribution is 0.0419. The Morgan fingerprint density at radius 1 is 1.07 bits per heavy atom. The van der Waals surface area contributed by atoms with Gasteiger partial charge in [-0.05, 0) is 45.0 Å². The Kier molecular flexibility index (Phi) is 4.70. The van der Waals surface area contributed by atoms with E-state index < -0.39 is 29.5 Å². The van der Waals surface area contributed by atoms with Gasteiger partial charge in [0.25, 0.3) is 11.8 Å². The first-order valence-electron chi connectivity index (χ1n) is 8.60. The molecule has 3 rings (SSSR count). The summed E-state index contributed by atoms with van der Waals surface area (Å²) in [4.78, 5) is 44.1. The molecule has 0 spiro atoms. The highest BCUT2D eigenvalue weighted by Crippen LogP contribution is 2.31. The number of fused-ring (bicyclic) bond motifs is 1. The van der Waals surface area contributed by atoms with Crippen LogP contribution < -0.4 is 0 Å². The molecule has 1 aromatic heterocycles. The van der Waals surface area contributed by atoms with Gasteiger partial charge in [-0.2, -0.15) is 0 Å². The van der Waals surface area contributed by atoms with Crippen molar-refractivity contribution < 1.29 is 19.5 Å². The summed E-state index contributed by atoms with van der Waals surface area (Å²) in [5.41, 5.74) is 0.387. The third-order valence-corrected chi connectivity index (χ3v) is 4.50. The summed E-state index contributed by atoms with van der Waals surface area (Å²) in [6.45, 7) is 5.19. The Labute approximate surface area is 157 Å². The highest BCUT2D eigenvalue weighted by Gasteiger charge is 2.41. The predicted molar refractivity (Wildman–Crippen MR) is 98.4 cm³/mol. The molecule has 0 aliphatic carbocycles. The minimum Gasteiger partial charge on any atom is -0.465 e. The average molecular weight is 367 g/mol. The lowest BCUT2D eigenvalue weighted by atomic mass is 10.0. The van der Waals surface area contributed by atoms with E-state index in [0.29, 0.717) is 16.8 Å². The predicted octanol–water partition coefficient (Wildman–Crippen LogP) is 3.20. The van der Waals surface area contributed by atoms with E-state index in [1.54, 1.807) is 69.4 Å². The SMILES string of the molecule is CC(C)(C)N(C(=O)O)[C@H](CN1C(=O)c2ccccc2C1=O)c1ccccn1. The Hall–Kier alpha value is -3.22. The van der Waals surface area contributed by atoms with Gasteiger partial charge in [0, 0.05) is 11.7 Å². The molecule has 7 heteroatoms. The molecule has 3 amide bonds. The summed E-state index contributed by atoms with van der Waals surface area (Å²) in [5, 5.41) is 9.83. The van der Waals surface area contributed by atoms with Gasteiger partial charge in [-0.1, -0.05) is 18.2 Å². The number of imide groups is 1. The van der Waals surface area contributed by atoms with E-state index in [2.05, 4.69) is 4.98 Å². The monoisotopic (exact) mass is 367 g/mol. The molecule has 1 N–H and O–H groups in total. The summed E-state index contributed by atoms with van der Waals surface area (Å²) in [6, 6.07) is 11.0. The van der Waals surface area contributed by atoms with Gasteiger partial charge >= 0.3 is 6.09 Å². The third-order valence-electron chi connectivity index (χ3n) is 4.50. The molecule has 140 valence electrons. The molecule has 1 atom stereocenters. The zero-order chi connectivity index (χ0) is 19.8. The summed E-state index contributed by atoms with van der Waals surface area (Å²) in [6.07, 6.45) is 0.419. The van der Waals surface area contributed by atoms with Crippen LogP contribution >= 0.6 is 0 Å². The van der Waals surface area contributed by atoms with Crippen LogP contribution in [0.5, 0.6) is 0 Å². The van der Waals surface area contributed by atoms with Crippen LogP contribution in [0.25, 0.3) is 0 Å². The zero-order valence-electron chi connectivity index (χ0n) is 15.4. The number of aromatic nitrogens is 1. The van der Waals surface area contributed by atoms with E-state index in [1.165, 1.54) is 4.90 Å². The van der Waals surface area contributed by atoms with Crippen LogP contribution in [-0.2, 0) is 0 Å². The van der Waals surface area contributed by atoms with Crippen LogP contribution in [0.1, 0.15) is 53.2 Å². The topological polar surface area (TPSA) is 90.8 Å². The van der Waals surface area contributed by atoms with E-state index in [0.717, 1.165) is 4.90 Å². The molecular formula is C20H21N3O4. The maximum atomic E-state index is 12.7. The number of rotatable bonds is 4. The number of carbonyl (C=O) groups excluding carboxylic acids is 2. The van der Waals surface area contributed by atoms with Gasteiger partial charge in [-0.15, -0.1) is 0 Å². The fraction of sp³-hybridized carbons (Fsp3) is 0.300. The normalized spacial score (nSPS) is 14.9. The van der Waals surface area contributed by atoms with Gasteiger partial charge in [-0.3, -0.25) is 24.4 Å². The first-order valence-corrected chi connectivity index (χ1v) is 8.60. The molecule has 0 saturated heterocycles. The molecule has 7 nitrogen and oxygen atoms in total. The van der Waals surface area contributed by atoms with Gasteiger partial charge < -0.3 is 5.11 Å². The second-order valence-electron chi connectivity index (χ2n) is 7.36. The van der Waals surface area contributed by atoms with Crippen molar-refractivity contribution in [2.75, 3.05) is 6.54 Å². The van der Waals surface area contributed by atoms with Crippen molar-refractivity contribution in [3.05, 3.63) is 65.5 Å². The second-order valence-corrected chi connectivity index (χ2v) is 7.36. The minimum absolute atomic E-state index is 0.104. The minimum atomic E-state index is -1.14. The summed E-state index contributed by atoms with van der Waals surface area (Å²) in [7, 11) is 0. The molecule has 1 aliphatic rings. The molecule has 2 aromatic rings. The lowest BCUT2D eigenvalue weighted by Crippen LogP contribution is -2.51. The molecule has 0 fully saturated rings. The van der Waals surface area contributed by atoms with Crippen LogP contribution in [-0.4, -0.2) is 49.9 Å². The van der Waals surface area contributed by atoms with Gasteiger partial charge in [-0.25, -0.2) is 4.79 Å². The van der Waals surface area contributed by atoms with E-state index in [4.69, 9.17) is 0 Å². The summed E-state index contributed by atoms with van der Waals surface area (Å²) in [5.74, 6) is -0.841. The largest absolute Gasteiger partial charge is 0.465 e. The van der Waals surface area contributed by atoms with Crippen molar-refractivity contribution in [2.24, 2.45) is 0 Å². The van der Waals surface area contributed by atoms with Crippen LogP contribution in [0, 0.1) is 0 Å². The average Bonchev–Trinajstić information content (AvgIpc) is 2.85. The fourth-order valence-electron chi connectivity index (χ4n) is 3.35. The van der Waals surface area contributed by atoms with Crippen molar-refractivity contribution in [3.8, 4) is 0 Å². The molecule has 1 aromatic carbocycles. The van der Waals surface area contributed by atoms with Gasteiger partial charge in [0.05, 0.1) is 29.4 Å². The van der Waals surface area contributed by atoms with E-state index in [-0.39, 0.29) is 6.54 Å². The Balaban J connectivity index is 2.02. The van der Waals surface area contributed by atoms with Gasteiger partial charge in [0.1, 0.15) is 0 Å². The lowest BCUT2D eigenvalue weighted by Gasteiger charge is -2.40. The van der Waals surface area contributed by atoms with Crippen LogP contribution in [0.15, 0.2) is 48.7 Å². The molecule has 2 heterocycles. The highest BCUT2D eigenvalue weighted by atomic mass is 16.4. The van der Waals surface area contributed by atoms with Crippen molar-refractivity contribution >= 4 is 17.9 Å². The number of nitrogens with zero attached hydrogens (tertiary/aromatic N) is 3. The molecule has 27 heavy (non-hydrogen) atoms. The number of pyridine rings is 1. The van der Waals surface area contributed by atoms with Crippen molar-refractivity contribution in [1.82, 2.24) is 14.8 Å². The molecule has 0 bridgehead atoms. The Morgan fingerprint density at radius 3 is 2.07 bits per heavy atom. The number of carbonyl (C=O) groups is 3. The van der Waals surface area contributed by atoms with Crippen molar-refractivity contribution in [1.29, 1.82) is 0 Å². The van der Waals surface area contributed by atoms with E-state index >= 15 is 0 Å². The first-order chi connectivity index (χ1) is 12.7. The number of hydrogen-bond acceptors (Lipinski definition) is 4. The molecule has 0 radical (unpaired) electrons. The molecule has 0 saturated carbocycles. The van der Waals surface area contributed by atoms with Crippen LogP contribution in [0.3, 0.4) is 0 Å². The van der Waals surface area contributed by atoms with Crippen molar-refractivity contribution in [2.45, 2.75) is 32.4 Å². The fourth-order valence-corrected chi connectivity index (χ4v) is 3.35. The number of benzene rings is 1. The maximum Gasteiger partial charge on any atom is 0.408 e. The highest BCUT2D eigenvalue weighted by molar-refractivity contribution is 6.21. The Bertz CT molecular complexity index is 855.